The van der Waals surface area contributed by atoms with Crippen molar-refractivity contribution in [2.24, 2.45) is 0 Å². The van der Waals surface area contributed by atoms with E-state index in [1.54, 1.807) is 24.5 Å². The maximum Gasteiger partial charge on any atom is 0.248 e. The van der Waals surface area contributed by atoms with Crippen molar-refractivity contribution in [3.63, 3.8) is 0 Å². The first-order valence-corrected chi connectivity index (χ1v) is 6.39. The van der Waals surface area contributed by atoms with Gasteiger partial charge < -0.3 is 9.73 Å². The lowest BCUT2D eigenvalue weighted by atomic mass is 10.1. The van der Waals surface area contributed by atoms with Crippen LogP contribution in [0.15, 0.2) is 53.2 Å². The van der Waals surface area contributed by atoms with Crippen molar-refractivity contribution in [1.82, 2.24) is 0 Å². The van der Waals surface area contributed by atoms with Gasteiger partial charge in [0.1, 0.15) is 5.76 Å². The molecule has 19 heavy (non-hydrogen) atoms. The highest BCUT2D eigenvalue weighted by Crippen LogP contribution is 2.11. The molecular formula is C16H17NO2. The highest BCUT2D eigenvalue weighted by molar-refractivity contribution is 6.01. The van der Waals surface area contributed by atoms with Gasteiger partial charge in [-0.1, -0.05) is 25.5 Å². The minimum atomic E-state index is -0.167. The van der Waals surface area contributed by atoms with Gasteiger partial charge in [-0.05, 0) is 42.3 Å². The Morgan fingerprint density at radius 1 is 1.26 bits per heavy atom. The van der Waals surface area contributed by atoms with Crippen LogP contribution in [0.1, 0.15) is 24.7 Å². The molecule has 2 rings (SSSR count). The quantitative estimate of drug-likeness (QED) is 0.824. The molecule has 2 aromatic rings. The van der Waals surface area contributed by atoms with E-state index in [-0.39, 0.29) is 5.91 Å². The third-order valence-electron chi connectivity index (χ3n) is 2.70. The average molecular weight is 255 g/mol. The van der Waals surface area contributed by atoms with Gasteiger partial charge in [0, 0.05) is 11.8 Å². The second-order valence-electron chi connectivity index (χ2n) is 4.28. The zero-order valence-electron chi connectivity index (χ0n) is 10.9. The Hall–Kier alpha value is -2.29. The number of hydrogen-bond acceptors (Lipinski definition) is 2. The van der Waals surface area contributed by atoms with E-state index in [9.17, 15) is 4.79 Å². The molecule has 0 saturated carbocycles. The second kappa shape index (κ2) is 6.59. The lowest BCUT2D eigenvalue weighted by molar-refractivity contribution is -0.111. The third-order valence-corrected chi connectivity index (χ3v) is 2.70. The summed E-state index contributed by atoms with van der Waals surface area (Å²) in [6.07, 6.45) is 6.85. The summed E-state index contributed by atoms with van der Waals surface area (Å²) in [6.45, 7) is 2.15. The maximum absolute atomic E-state index is 11.7. The van der Waals surface area contributed by atoms with E-state index >= 15 is 0 Å². The van der Waals surface area contributed by atoms with Crippen LogP contribution in [-0.4, -0.2) is 5.91 Å². The van der Waals surface area contributed by atoms with Crippen LogP contribution in [0.3, 0.4) is 0 Å². The van der Waals surface area contributed by atoms with Crippen molar-refractivity contribution >= 4 is 17.7 Å². The number of carbonyl (C=O) groups is 1. The topological polar surface area (TPSA) is 42.2 Å². The molecule has 0 spiro atoms. The minimum absolute atomic E-state index is 0.167. The monoisotopic (exact) mass is 255 g/mol. The SMILES string of the molecule is CCCc1ccc(NC(=O)/C=C/c2ccco2)cc1. The number of carbonyl (C=O) groups excluding carboxylic acids is 1. The number of anilines is 1. The number of rotatable bonds is 5. The molecule has 0 aliphatic carbocycles. The summed E-state index contributed by atoms with van der Waals surface area (Å²) in [5.74, 6) is 0.494. The van der Waals surface area contributed by atoms with Crippen LogP contribution in [0.25, 0.3) is 6.08 Å². The molecule has 3 heteroatoms. The van der Waals surface area contributed by atoms with Gasteiger partial charge in [0.15, 0.2) is 0 Å². The van der Waals surface area contributed by atoms with E-state index in [1.807, 2.05) is 24.3 Å². The van der Waals surface area contributed by atoms with Gasteiger partial charge in [0.2, 0.25) is 5.91 Å². The standard InChI is InChI=1S/C16H17NO2/c1-2-4-13-6-8-14(9-7-13)17-16(18)11-10-15-5-3-12-19-15/h3,5-12H,2,4H2,1H3,(H,17,18)/b11-10+. The predicted octanol–water partition coefficient (Wildman–Crippen LogP) is 3.88. The Morgan fingerprint density at radius 2 is 2.05 bits per heavy atom. The summed E-state index contributed by atoms with van der Waals surface area (Å²) < 4.78 is 5.11. The van der Waals surface area contributed by atoms with Gasteiger partial charge in [0.05, 0.1) is 6.26 Å². The Morgan fingerprint density at radius 3 is 2.68 bits per heavy atom. The Kier molecular flexibility index (Phi) is 4.56. The van der Waals surface area contributed by atoms with E-state index in [1.165, 1.54) is 11.6 Å². The number of amides is 1. The molecule has 98 valence electrons. The molecule has 0 aliphatic rings. The fourth-order valence-electron chi connectivity index (χ4n) is 1.77. The van der Waals surface area contributed by atoms with Crippen molar-refractivity contribution in [1.29, 1.82) is 0 Å². The highest BCUT2D eigenvalue weighted by atomic mass is 16.3. The Bertz CT molecular complexity index is 539. The summed E-state index contributed by atoms with van der Waals surface area (Å²) >= 11 is 0. The van der Waals surface area contributed by atoms with Gasteiger partial charge in [-0.25, -0.2) is 0 Å². The molecule has 1 heterocycles. The number of benzene rings is 1. The molecule has 1 N–H and O–H groups in total. The van der Waals surface area contributed by atoms with Crippen LogP contribution < -0.4 is 5.32 Å². The van der Waals surface area contributed by atoms with Gasteiger partial charge in [-0.15, -0.1) is 0 Å². The fourth-order valence-corrected chi connectivity index (χ4v) is 1.77. The van der Waals surface area contributed by atoms with Crippen molar-refractivity contribution < 1.29 is 9.21 Å². The lowest BCUT2D eigenvalue weighted by Crippen LogP contribution is -2.07. The van der Waals surface area contributed by atoms with Crippen molar-refractivity contribution in [3.05, 3.63) is 60.1 Å². The first-order chi connectivity index (χ1) is 9.28. The zero-order chi connectivity index (χ0) is 13.5. The molecule has 1 amide bonds. The van der Waals surface area contributed by atoms with Gasteiger partial charge in [0.25, 0.3) is 0 Å². The van der Waals surface area contributed by atoms with Crippen molar-refractivity contribution in [3.8, 4) is 0 Å². The number of nitrogens with one attached hydrogen (secondary N) is 1. The zero-order valence-corrected chi connectivity index (χ0v) is 10.9. The highest BCUT2D eigenvalue weighted by Gasteiger charge is 1.98. The summed E-state index contributed by atoms with van der Waals surface area (Å²) in [5, 5.41) is 2.81. The molecule has 0 atom stereocenters. The molecule has 0 unspecified atom stereocenters. The number of aryl methyl sites for hydroxylation is 1. The average Bonchev–Trinajstić information content (AvgIpc) is 2.92. The van der Waals surface area contributed by atoms with Gasteiger partial charge in [-0.3, -0.25) is 4.79 Å². The summed E-state index contributed by atoms with van der Waals surface area (Å²) in [6, 6.07) is 11.5. The van der Waals surface area contributed by atoms with Gasteiger partial charge >= 0.3 is 0 Å². The predicted molar refractivity (Wildman–Crippen MR) is 76.8 cm³/mol. The molecule has 0 saturated heterocycles. The van der Waals surface area contributed by atoms with E-state index in [0.717, 1.165) is 18.5 Å². The molecular weight excluding hydrogens is 238 g/mol. The molecule has 1 aromatic heterocycles. The summed E-state index contributed by atoms with van der Waals surface area (Å²) in [5.41, 5.74) is 2.08. The van der Waals surface area contributed by atoms with Crippen molar-refractivity contribution in [2.45, 2.75) is 19.8 Å². The first-order valence-electron chi connectivity index (χ1n) is 6.39. The maximum atomic E-state index is 11.7. The Labute approximate surface area is 112 Å². The minimum Gasteiger partial charge on any atom is -0.465 e. The fraction of sp³-hybridized carbons (Fsp3) is 0.188. The number of furan rings is 1. The van der Waals surface area contributed by atoms with Crippen LogP contribution in [0, 0.1) is 0 Å². The van der Waals surface area contributed by atoms with Crippen LogP contribution in [-0.2, 0) is 11.2 Å². The molecule has 0 fully saturated rings. The van der Waals surface area contributed by atoms with Crippen LogP contribution >= 0.6 is 0 Å². The first kappa shape index (κ1) is 13.1. The van der Waals surface area contributed by atoms with Gasteiger partial charge in [-0.2, -0.15) is 0 Å². The van der Waals surface area contributed by atoms with E-state index in [2.05, 4.69) is 12.2 Å². The third kappa shape index (κ3) is 4.14. The lowest BCUT2D eigenvalue weighted by Gasteiger charge is -2.03. The summed E-state index contributed by atoms with van der Waals surface area (Å²) in [7, 11) is 0. The van der Waals surface area contributed by atoms with E-state index in [4.69, 9.17) is 4.42 Å². The largest absolute Gasteiger partial charge is 0.465 e. The molecule has 1 aromatic carbocycles. The second-order valence-corrected chi connectivity index (χ2v) is 4.28. The Balaban J connectivity index is 1.91. The van der Waals surface area contributed by atoms with E-state index < -0.39 is 0 Å². The van der Waals surface area contributed by atoms with E-state index in [0.29, 0.717) is 5.76 Å². The number of hydrogen-bond donors (Lipinski definition) is 1. The van der Waals surface area contributed by atoms with Crippen LogP contribution in [0.2, 0.25) is 0 Å². The van der Waals surface area contributed by atoms with Crippen LogP contribution in [0.5, 0.6) is 0 Å². The smallest absolute Gasteiger partial charge is 0.248 e. The normalized spacial score (nSPS) is 10.8. The van der Waals surface area contributed by atoms with Crippen molar-refractivity contribution in [2.75, 3.05) is 5.32 Å². The molecule has 0 aliphatic heterocycles. The molecule has 3 nitrogen and oxygen atoms in total. The molecule has 0 radical (unpaired) electrons. The van der Waals surface area contributed by atoms with Crippen LogP contribution in [0.4, 0.5) is 5.69 Å². The summed E-state index contributed by atoms with van der Waals surface area (Å²) in [4.78, 5) is 11.7. The molecule has 0 bridgehead atoms.